The molecule has 5 heteroatoms. The maximum atomic E-state index is 5.28. The van der Waals surface area contributed by atoms with Gasteiger partial charge in [-0.3, -0.25) is 7.05 Å². The van der Waals surface area contributed by atoms with Gasteiger partial charge in [-0.1, -0.05) is 11.8 Å². The minimum Gasteiger partial charge on any atom is -0.305 e. The van der Waals surface area contributed by atoms with Crippen LogP contribution < -0.4 is 5.32 Å². The summed E-state index contributed by atoms with van der Waals surface area (Å²) in [7, 11) is 2.57. The molecule has 0 saturated heterocycles. The van der Waals surface area contributed by atoms with E-state index in [4.69, 9.17) is 35.2 Å². The van der Waals surface area contributed by atoms with E-state index in [0.29, 0.717) is 0 Å². The second-order valence-corrected chi connectivity index (χ2v) is 8.41. The van der Waals surface area contributed by atoms with Crippen molar-refractivity contribution in [3.63, 3.8) is 0 Å². The van der Waals surface area contributed by atoms with E-state index in [1.807, 2.05) is 0 Å². The van der Waals surface area contributed by atoms with E-state index in [0.717, 1.165) is 0 Å². The van der Waals surface area contributed by atoms with Crippen molar-refractivity contribution < 1.29 is 0 Å². The lowest BCUT2D eigenvalue weighted by atomic mass is 10.2. The van der Waals surface area contributed by atoms with Gasteiger partial charge in [0.15, 0.2) is 0 Å². The molecule has 12 heavy (non-hydrogen) atoms. The predicted molar refractivity (Wildman–Crippen MR) is 64.0 cm³/mol. The van der Waals surface area contributed by atoms with Crippen molar-refractivity contribution in [3.8, 4) is 24.7 Å². The monoisotopic (exact) mass is 234 g/mol. The first kappa shape index (κ1) is 12.2. The van der Waals surface area contributed by atoms with Crippen LogP contribution in [-0.4, -0.2) is 18.3 Å². The molecule has 0 radical (unpaired) electrons. The van der Waals surface area contributed by atoms with Crippen LogP contribution in [0.3, 0.4) is 0 Å². The van der Waals surface area contributed by atoms with Gasteiger partial charge in [0.1, 0.15) is 0 Å². The Morgan fingerprint density at radius 1 is 1.42 bits per heavy atom. The lowest BCUT2D eigenvalue weighted by molar-refractivity contribution is 0.718. The third kappa shape index (κ3) is 4.30. The summed E-state index contributed by atoms with van der Waals surface area (Å²) in [5.74, 6) is 5.11. The highest BCUT2D eigenvalue weighted by Crippen LogP contribution is 2.14. The SMILES string of the molecule is C#CC(NC)C(C#C)S[S-](=S)=S. The summed E-state index contributed by atoms with van der Waals surface area (Å²) >= 11 is 9.70. The van der Waals surface area contributed by atoms with Crippen LogP contribution in [-0.2, 0) is 29.4 Å². The summed E-state index contributed by atoms with van der Waals surface area (Å²) in [5.41, 5.74) is 0. The van der Waals surface area contributed by atoms with Crippen LogP contribution >= 0.6 is 10.8 Å². The van der Waals surface area contributed by atoms with Gasteiger partial charge in [0.2, 0.25) is 0 Å². The largest absolute Gasteiger partial charge is 0.305 e. The number of terminal acetylenes is 2. The van der Waals surface area contributed by atoms with Gasteiger partial charge < -0.3 is 5.32 Å². The summed E-state index contributed by atoms with van der Waals surface area (Å²) < 4.78 is 0. The second kappa shape index (κ2) is 6.71. The molecule has 0 aromatic carbocycles. The van der Waals surface area contributed by atoms with Crippen molar-refractivity contribution in [2.45, 2.75) is 11.3 Å². The van der Waals surface area contributed by atoms with E-state index in [1.165, 1.54) is 10.8 Å². The Morgan fingerprint density at radius 3 is 2.25 bits per heavy atom. The van der Waals surface area contributed by atoms with E-state index in [2.05, 4.69) is 17.2 Å². The zero-order chi connectivity index (χ0) is 9.56. The Hall–Kier alpha value is 0.220. The Balaban J connectivity index is 4.36. The highest BCUT2D eigenvalue weighted by molar-refractivity contribution is 8.90. The number of hydrogen-bond donors (Lipinski definition) is 1. The van der Waals surface area contributed by atoms with Crippen LogP contribution in [0.2, 0.25) is 0 Å². The first-order valence-corrected chi connectivity index (χ1v) is 7.48. The molecule has 1 N–H and O–H groups in total. The summed E-state index contributed by atoms with van der Waals surface area (Å²) in [6.07, 6.45) is 10.5. The van der Waals surface area contributed by atoms with Gasteiger partial charge in [0.25, 0.3) is 0 Å². The standard InChI is InChI=1S/C7H8NS4/c1-4-6(8-3)7(5-2)11-12(9)10/h1-2,6-8H,3H3/q-1. The quantitative estimate of drug-likeness (QED) is 0.429. The molecule has 0 amide bonds. The third-order valence-electron chi connectivity index (χ3n) is 1.14. The fourth-order valence-electron chi connectivity index (χ4n) is 0.586. The molecule has 0 heterocycles. The van der Waals surface area contributed by atoms with Crippen LogP contribution in [0.15, 0.2) is 0 Å². The predicted octanol–water partition coefficient (Wildman–Crippen LogP) is 0.400. The molecule has 0 aromatic rings. The number of rotatable bonds is 4. The average Bonchev–Trinajstić information content (AvgIpc) is 2.04. The fraction of sp³-hybridized carbons (Fsp3) is 0.429. The van der Waals surface area contributed by atoms with Crippen molar-refractivity contribution in [1.29, 1.82) is 0 Å². The van der Waals surface area contributed by atoms with Crippen molar-refractivity contribution in [3.05, 3.63) is 0 Å². The molecular weight excluding hydrogens is 226 g/mol. The Labute approximate surface area is 88.3 Å². The molecule has 1 nitrogen and oxygen atoms in total. The van der Waals surface area contributed by atoms with Gasteiger partial charge in [-0.05, 0) is 7.05 Å². The maximum absolute atomic E-state index is 5.28. The molecule has 0 rings (SSSR count). The van der Waals surface area contributed by atoms with Gasteiger partial charge >= 0.3 is 0 Å². The molecule has 0 aromatic heterocycles. The normalized spacial score (nSPS) is 14.7. The Kier molecular flexibility index (Phi) is 6.83. The summed E-state index contributed by atoms with van der Waals surface area (Å²) in [6, 6.07) is -0.152. The number of hydrogen-bond acceptors (Lipinski definition) is 5. The lowest BCUT2D eigenvalue weighted by Crippen LogP contribution is -2.33. The van der Waals surface area contributed by atoms with E-state index < -0.39 is 7.05 Å². The first-order valence-electron chi connectivity index (χ1n) is 3.01. The van der Waals surface area contributed by atoms with Crippen molar-refractivity contribution in [2.75, 3.05) is 7.05 Å². The highest BCUT2D eigenvalue weighted by Gasteiger charge is 2.11. The summed E-state index contributed by atoms with van der Waals surface area (Å²) in [5, 5.41) is 2.79. The first-order chi connectivity index (χ1) is 5.65. The van der Waals surface area contributed by atoms with Crippen LogP contribution in [0.25, 0.3) is 0 Å². The van der Waals surface area contributed by atoms with Gasteiger partial charge in [0, 0.05) is 0 Å². The van der Waals surface area contributed by atoms with E-state index >= 15 is 0 Å². The molecule has 66 valence electrons. The van der Waals surface area contributed by atoms with Crippen LogP contribution in [0.4, 0.5) is 0 Å². The molecule has 0 aliphatic rings. The van der Waals surface area contributed by atoms with Crippen molar-refractivity contribution in [2.24, 2.45) is 0 Å². The van der Waals surface area contributed by atoms with Gasteiger partial charge in [-0.15, -0.1) is 12.8 Å². The Morgan fingerprint density at radius 2 is 2.00 bits per heavy atom. The highest BCUT2D eigenvalue weighted by atomic mass is 33.5. The molecule has 2 unspecified atom stereocenters. The molecule has 0 aliphatic heterocycles. The lowest BCUT2D eigenvalue weighted by Gasteiger charge is -2.19. The van der Waals surface area contributed by atoms with Crippen LogP contribution in [0.5, 0.6) is 0 Å². The molecular formula is C7H8NS4-. The van der Waals surface area contributed by atoms with Crippen LogP contribution in [0, 0.1) is 24.7 Å². The zero-order valence-corrected chi connectivity index (χ0v) is 9.71. The number of nitrogens with one attached hydrogen (secondary N) is 1. The topological polar surface area (TPSA) is 12.0 Å². The molecule has 0 aliphatic carbocycles. The van der Waals surface area contributed by atoms with Gasteiger partial charge in [-0.2, -0.15) is 0 Å². The smallest absolute Gasteiger partial charge is 0.0899 e. The van der Waals surface area contributed by atoms with Crippen molar-refractivity contribution >= 4 is 40.2 Å². The summed E-state index contributed by atoms with van der Waals surface area (Å²) in [4.78, 5) is 0. The fourth-order valence-corrected chi connectivity index (χ4v) is 3.67. The molecule has 2 atom stereocenters. The maximum Gasteiger partial charge on any atom is 0.0899 e. The van der Waals surface area contributed by atoms with E-state index in [-0.39, 0.29) is 11.3 Å². The summed E-state index contributed by atoms with van der Waals surface area (Å²) in [6.45, 7) is 0. The molecule has 0 bridgehead atoms. The zero-order valence-electron chi connectivity index (χ0n) is 6.44. The average molecular weight is 234 g/mol. The molecule has 0 fully saturated rings. The van der Waals surface area contributed by atoms with Gasteiger partial charge in [-0.25, -0.2) is 33.2 Å². The van der Waals surface area contributed by atoms with E-state index in [9.17, 15) is 0 Å². The third-order valence-corrected chi connectivity index (χ3v) is 4.42. The minimum absolute atomic E-state index is 0.127. The van der Waals surface area contributed by atoms with Crippen molar-refractivity contribution in [1.82, 2.24) is 5.32 Å². The van der Waals surface area contributed by atoms with Gasteiger partial charge in [0.05, 0.1) is 11.3 Å². The Bertz CT molecular complexity index is 273. The molecule has 0 saturated carbocycles. The molecule has 0 spiro atoms. The minimum atomic E-state index is -0.564. The van der Waals surface area contributed by atoms with E-state index in [1.54, 1.807) is 7.05 Å². The van der Waals surface area contributed by atoms with Crippen LogP contribution in [0.1, 0.15) is 0 Å². The second-order valence-electron chi connectivity index (χ2n) is 1.82.